The van der Waals surface area contributed by atoms with Crippen LogP contribution in [0, 0.1) is 36.5 Å². The molecule has 0 saturated heterocycles. The third-order valence-electron chi connectivity index (χ3n) is 14.6. The first-order chi connectivity index (χ1) is 28.1. The Morgan fingerprint density at radius 3 is 1.44 bits per heavy atom. The molecule has 326 valence electrons. The van der Waals surface area contributed by atoms with Gasteiger partial charge in [0.15, 0.2) is 0 Å². The van der Waals surface area contributed by atoms with Gasteiger partial charge in [0.1, 0.15) is 12.4 Å². The van der Waals surface area contributed by atoms with Crippen LogP contribution in [0.2, 0.25) is 0 Å². The molecule has 1 aliphatic heterocycles. The third-order valence-corrected chi connectivity index (χ3v) is 14.6. The Morgan fingerprint density at radius 1 is 0.525 bits per heavy atom. The summed E-state index contributed by atoms with van der Waals surface area (Å²) in [5.41, 5.74) is 17.1. The van der Waals surface area contributed by atoms with Gasteiger partial charge in [-0.25, -0.2) is 0 Å². The second-order valence-electron chi connectivity index (χ2n) is 24.5. The fraction of sp³-hybridized carbons (Fsp3) is 0.517. The van der Waals surface area contributed by atoms with Crippen LogP contribution >= 0.6 is 0 Å². The summed E-state index contributed by atoms with van der Waals surface area (Å²) in [7, 11) is 0. The molecule has 1 unspecified atom stereocenters. The molecule has 0 spiro atoms. The van der Waals surface area contributed by atoms with E-state index in [-0.39, 0.29) is 44.5 Å². The van der Waals surface area contributed by atoms with E-state index in [1.54, 1.807) is 5.57 Å². The van der Waals surface area contributed by atoms with E-state index in [4.69, 9.17) is 4.74 Å². The van der Waals surface area contributed by atoms with E-state index in [9.17, 15) is 0 Å². The number of hydrogen-bond donors (Lipinski definition) is 0. The lowest BCUT2D eigenvalue weighted by Gasteiger charge is -2.52. The summed E-state index contributed by atoms with van der Waals surface area (Å²) in [6.07, 6.45) is 8.25. The van der Waals surface area contributed by atoms with E-state index in [0.717, 1.165) is 23.5 Å². The molecule has 7 rings (SSSR count). The molecule has 3 nitrogen and oxygen atoms in total. The summed E-state index contributed by atoms with van der Waals surface area (Å²) in [5.74, 6) is 0.749. The van der Waals surface area contributed by atoms with Crippen molar-refractivity contribution in [1.29, 1.82) is 0 Å². The zero-order valence-corrected chi connectivity index (χ0v) is 41.3. The SMILES string of the molecule is Cc1cc(C(C)(C)C)cc(C)c1N(c1ccc(C(C)(C)C)cc1)c1cc(N(C2=CO[C@H]3C=C4C(C[C@@H]23)C(C)(C)CCC4(C)C)c2ccc(C(C)(C)C)cc2)cc(C(C)(C)C)c1. The van der Waals surface area contributed by atoms with Crippen LogP contribution in [0.5, 0.6) is 0 Å². The molecule has 0 bridgehead atoms. The normalized spacial score (nSPS) is 21.2. The van der Waals surface area contributed by atoms with Crippen LogP contribution in [-0.4, -0.2) is 6.10 Å². The van der Waals surface area contributed by atoms with Crippen molar-refractivity contribution < 1.29 is 4.74 Å². The highest BCUT2D eigenvalue weighted by Gasteiger charge is 2.50. The summed E-state index contributed by atoms with van der Waals surface area (Å²) < 4.78 is 6.81. The van der Waals surface area contributed by atoms with Crippen molar-refractivity contribution in [2.24, 2.45) is 22.7 Å². The highest BCUT2D eigenvalue weighted by Crippen LogP contribution is 2.59. The molecule has 3 heteroatoms. The molecular formula is C58H78N2O. The Balaban J connectivity index is 1.47. The Bertz CT molecular complexity index is 2300. The van der Waals surface area contributed by atoms with Gasteiger partial charge in [-0.1, -0.05) is 153 Å². The van der Waals surface area contributed by atoms with Gasteiger partial charge in [-0.2, -0.15) is 0 Å². The van der Waals surface area contributed by atoms with Gasteiger partial charge < -0.3 is 14.5 Å². The first-order valence-corrected chi connectivity index (χ1v) is 23.2. The van der Waals surface area contributed by atoms with Gasteiger partial charge in [-0.3, -0.25) is 0 Å². The maximum Gasteiger partial charge on any atom is 0.125 e. The van der Waals surface area contributed by atoms with Crippen molar-refractivity contribution in [1.82, 2.24) is 0 Å². The Labute approximate surface area is 371 Å². The zero-order chi connectivity index (χ0) is 44.8. The van der Waals surface area contributed by atoms with Gasteiger partial charge in [0.25, 0.3) is 0 Å². The molecule has 1 fully saturated rings. The molecule has 3 aliphatic rings. The topological polar surface area (TPSA) is 15.7 Å². The lowest BCUT2D eigenvalue weighted by Crippen LogP contribution is -2.44. The van der Waals surface area contributed by atoms with E-state index < -0.39 is 0 Å². The van der Waals surface area contributed by atoms with Crippen LogP contribution in [0.25, 0.3) is 0 Å². The van der Waals surface area contributed by atoms with Crippen LogP contribution < -0.4 is 9.80 Å². The molecule has 4 aromatic rings. The predicted octanol–water partition coefficient (Wildman–Crippen LogP) is 16.8. The van der Waals surface area contributed by atoms with E-state index in [2.05, 4.69) is 226 Å². The number of nitrogens with zero attached hydrogens (tertiary/aromatic N) is 2. The minimum absolute atomic E-state index is 0.0282. The lowest BCUT2D eigenvalue weighted by molar-refractivity contribution is 0.0678. The molecule has 0 radical (unpaired) electrons. The van der Waals surface area contributed by atoms with E-state index in [0.29, 0.717) is 5.92 Å². The number of fused-ring (bicyclic) bond motifs is 2. The number of benzene rings is 4. The number of ether oxygens (including phenoxy) is 1. The molecule has 61 heavy (non-hydrogen) atoms. The fourth-order valence-corrected chi connectivity index (χ4v) is 10.3. The quantitative estimate of drug-likeness (QED) is 0.180. The Kier molecular flexibility index (Phi) is 11.2. The Hall–Kier alpha value is -4.24. The number of rotatable bonds is 6. The summed E-state index contributed by atoms with van der Waals surface area (Å²) in [4.78, 5) is 5.09. The third kappa shape index (κ3) is 8.74. The molecule has 2 aliphatic carbocycles. The van der Waals surface area contributed by atoms with Crippen LogP contribution in [0.3, 0.4) is 0 Å². The Morgan fingerprint density at radius 2 is 0.967 bits per heavy atom. The van der Waals surface area contributed by atoms with E-state index >= 15 is 0 Å². The summed E-state index contributed by atoms with van der Waals surface area (Å²) >= 11 is 0. The highest BCUT2D eigenvalue weighted by atomic mass is 16.5. The highest BCUT2D eigenvalue weighted by molar-refractivity contribution is 5.84. The number of hydrogen-bond acceptors (Lipinski definition) is 3. The number of allylic oxidation sites excluding steroid dienone is 1. The smallest absolute Gasteiger partial charge is 0.125 e. The van der Waals surface area contributed by atoms with Gasteiger partial charge in [-0.15, -0.1) is 0 Å². The molecular weight excluding hydrogens is 741 g/mol. The summed E-state index contributed by atoms with van der Waals surface area (Å²) in [5, 5.41) is 0. The van der Waals surface area contributed by atoms with Crippen LogP contribution in [0.4, 0.5) is 28.4 Å². The molecule has 1 heterocycles. The largest absolute Gasteiger partial charge is 0.491 e. The van der Waals surface area contributed by atoms with Gasteiger partial charge in [0.05, 0.1) is 11.4 Å². The van der Waals surface area contributed by atoms with Crippen LogP contribution in [-0.2, 0) is 26.4 Å². The number of anilines is 5. The first-order valence-electron chi connectivity index (χ1n) is 23.2. The molecule has 4 aromatic carbocycles. The first kappa shape index (κ1) is 44.8. The predicted molar refractivity (Wildman–Crippen MR) is 263 cm³/mol. The van der Waals surface area contributed by atoms with E-state index in [1.165, 1.54) is 63.3 Å². The maximum absolute atomic E-state index is 6.81. The molecule has 0 N–H and O–H groups in total. The molecule has 1 saturated carbocycles. The molecule has 3 atom stereocenters. The van der Waals surface area contributed by atoms with Crippen LogP contribution in [0.1, 0.15) is 163 Å². The zero-order valence-electron chi connectivity index (χ0n) is 41.3. The van der Waals surface area contributed by atoms with Gasteiger partial charge in [-0.05, 0) is 153 Å². The molecule has 0 amide bonds. The van der Waals surface area contributed by atoms with E-state index in [1.807, 2.05) is 0 Å². The van der Waals surface area contributed by atoms with Crippen molar-refractivity contribution >= 4 is 28.4 Å². The van der Waals surface area contributed by atoms with Crippen molar-refractivity contribution in [3.05, 3.63) is 136 Å². The molecule has 0 aromatic heterocycles. The van der Waals surface area contributed by atoms with Gasteiger partial charge in [0.2, 0.25) is 0 Å². The lowest BCUT2D eigenvalue weighted by atomic mass is 9.53. The van der Waals surface area contributed by atoms with Crippen molar-refractivity contribution in [2.75, 3.05) is 9.80 Å². The minimum Gasteiger partial charge on any atom is -0.491 e. The van der Waals surface area contributed by atoms with Gasteiger partial charge >= 0.3 is 0 Å². The fourth-order valence-electron chi connectivity index (χ4n) is 10.3. The average Bonchev–Trinajstić information content (AvgIpc) is 3.56. The van der Waals surface area contributed by atoms with Crippen molar-refractivity contribution in [3.63, 3.8) is 0 Å². The second-order valence-corrected chi connectivity index (χ2v) is 24.5. The van der Waals surface area contributed by atoms with Crippen molar-refractivity contribution in [3.8, 4) is 0 Å². The second kappa shape index (κ2) is 15.2. The summed E-state index contributed by atoms with van der Waals surface area (Å²) in [6, 6.07) is 30.9. The van der Waals surface area contributed by atoms with Crippen molar-refractivity contribution in [2.45, 2.75) is 172 Å². The van der Waals surface area contributed by atoms with Gasteiger partial charge in [0, 0.05) is 28.7 Å². The average molecular weight is 819 g/mol. The maximum atomic E-state index is 6.81. The van der Waals surface area contributed by atoms with Crippen LogP contribution in [0.15, 0.2) is 102 Å². The standard InChI is InChI=1S/C58H78N2O/c1-37-29-41(55(9,10)11)30-38(2)52(37)60(44-25-21-40(22-26-44)54(6,7)8)46-32-42(56(12,13)14)31-45(33-46)59(43-23-19-39(20-24-43)53(3,4)5)50-36-61-51-35-49-48(34-47(50)51)57(15,16)27-28-58(49,17)18/h19-26,29-33,35-36,47-48,51H,27-28,34H2,1-18H3/t47-,48?,51-/m0/s1. The minimum atomic E-state index is -0.113. The monoisotopic (exact) mass is 819 g/mol. The number of aryl methyl sites for hydroxylation is 2. The summed E-state index contributed by atoms with van der Waals surface area (Å²) in [6.45, 7) is 42.3.